The van der Waals surface area contributed by atoms with Gasteiger partial charge in [-0.3, -0.25) is 38.4 Å². The predicted molar refractivity (Wildman–Crippen MR) is 592 cm³/mol. The molecule has 0 aromatic carbocycles. The van der Waals surface area contributed by atoms with Gasteiger partial charge in [-0.1, -0.05) is 156 Å². The van der Waals surface area contributed by atoms with Crippen molar-refractivity contribution < 1.29 is 120 Å². The van der Waals surface area contributed by atoms with E-state index in [9.17, 15) is 53.7 Å². The van der Waals surface area contributed by atoms with Gasteiger partial charge in [-0.25, -0.2) is 0 Å². The summed E-state index contributed by atoms with van der Waals surface area (Å²) in [4.78, 5) is 90.4. The van der Waals surface area contributed by atoms with E-state index in [1.54, 1.807) is 101 Å². The third-order valence-corrected chi connectivity index (χ3v) is 22.9. The molecule has 844 valence electrons. The van der Waals surface area contributed by atoms with Gasteiger partial charge in [0.2, 0.25) is 0 Å². The van der Waals surface area contributed by atoms with E-state index in [0.29, 0.717) is 58.6 Å². The van der Waals surface area contributed by atoms with Gasteiger partial charge in [0.1, 0.15) is 26.4 Å². The molecular formula is C118H222O25. The smallest absolute Gasteiger partial charge is 0.308 e. The Kier molecular flexibility index (Phi) is 103. The Morgan fingerprint density at radius 1 is 0.287 bits per heavy atom. The number of rotatable bonds is 67. The Hall–Kier alpha value is -7.26. The van der Waals surface area contributed by atoms with Crippen LogP contribution < -0.4 is 0 Å². The SMILES string of the molecule is C=C(C)CCCC(C)C(=O)OCC.C=C(O)C(C)CCCC(C)(C)O.C=C(OC)C(C)CCCC(C)(C)OC.C=CCOC(=O)C(C)CCC=C(C)C.C=CCOC(=O)C(C)CCCC(=C)C.C=CCOC(=O)C(C)CCCC(C)(C)O.C=CCOC(=O)C(C)CCCC(C)(C)OC.CCOC(=O)C(C)CCCC(C)(C)O.CCOC(=O)C(C)CCCC(C)(C)OC.CCOC(=O)C(C)CCCC(C)(C)OCC. The Morgan fingerprint density at radius 2 is 0.490 bits per heavy atom. The van der Waals surface area contributed by atoms with Crippen molar-refractivity contribution in [2.75, 3.05) is 87.9 Å². The maximum Gasteiger partial charge on any atom is 0.308 e. The lowest BCUT2D eigenvalue weighted by Crippen LogP contribution is -2.24. The molecule has 0 saturated carbocycles. The summed E-state index contributed by atoms with van der Waals surface area (Å²) >= 11 is 0. The van der Waals surface area contributed by atoms with Crippen molar-refractivity contribution >= 4 is 47.8 Å². The highest BCUT2D eigenvalue weighted by atomic mass is 16.6. The molecule has 0 aliphatic heterocycles. The molecule has 25 nitrogen and oxygen atoms in total. The first-order valence-corrected chi connectivity index (χ1v) is 52.7. The van der Waals surface area contributed by atoms with Gasteiger partial charge in [0.25, 0.3) is 0 Å². The first-order chi connectivity index (χ1) is 66.0. The third-order valence-electron chi connectivity index (χ3n) is 22.9. The fourth-order valence-corrected chi connectivity index (χ4v) is 12.4. The zero-order valence-corrected chi connectivity index (χ0v) is 98.5. The molecule has 0 rings (SSSR count). The summed E-state index contributed by atoms with van der Waals surface area (Å²) in [6, 6.07) is 0. The van der Waals surface area contributed by atoms with Crippen LogP contribution in [0.15, 0.2) is 111 Å². The number of aliphatic hydroxyl groups excluding tert-OH is 1. The zero-order valence-electron chi connectivity index (χ0n) is 98.5. The van der Waals surface area contributed by atoms with Crippen molar-refractivity contribution in [3.63, 3.8) is 0 Å². The molecule has 10 unspecified atom stereocenters. The van der Waals surface area contributed by atoms with Crippen LogP contribution in [0.5, 0.6) is 0 Å². The molecule has 0 aliphatic rings. The molecule has 0 saturated heterocycles. The first kappa shape index (κ1) is 156. The van der Waals surface area contributed by atoms with Crippen LogP contribution in [-0.4, -0.2) is 195 Å². The van der Waals surface area contributed by atoms with Crippen LogP contribution in [0.4, 0.5) is 0 Å². The number of allylic oxidation sites excluding steroid dienone is 6. The van der Waals surface area contributed by atoms with Gasteiger partial charge in [-0.2, -0.15) is 0 Å². The molecule has 0 bridgehead atoms. The van der Waals surface area contributed by atoms with E-state index in [4.69, 9.17) is 66.7 Å². The van der Waals surface area contributed by atoms with E-state index in [1.165, 1.54) is 11.1 Å². The van der Waals surface area contributed by atoms with Gasteiger partial charge in [0, 0.05) is 39.8 Å². The summed E-state index contributed by atoms with van der Waals surface area (Å²) in [6.45, 7) is 96.7. The van der Waals surface area contributed by atoms with Crippen molar-refractivity contribution in [3.05, 3.63) is 111 Å². The summed E-state index contributed by atoms with van der Waals surface area (Å²) in [7, 11) is 6.87. The number of ether oxygens (including phenoxy) is 13. The standard InChI is InChI=1S/C13H24O3.C13H26O3.C12H24O3.C12H22O3.C12H24O2.2C12H20O2.C11H22O3.C11H20O2.C10H20O2/c1-6-10-16-12(14)11(2)8-7-9-13(3,4)15-5;1-6-15-12(14)11(3)9-8-10-13(4,5)16-7-2;1-6-15-11(13)10(2)8-7-9-12(3,4)14-5;1-5-9-15-11(13)10(2)7-6-8-12(3,4)14;1-10(11(2)13-5)8-7-9-12(3,4)14-6;2*1-5-9-14-12(13)11(4)8-6-7-10(2)3;1-5-14-10(12)9(2)7-6-8-11(3,4)13;1-5-13-11(12)10(4)8-6-7-9(2)3;1-8(9(2)11)6-5-7-10(3,4)12/h6,11H,1,7-10H2,2-5H3;11H,6-10H2,1-5H3;10H,6-9H2,1-5H3;5,10,14H,1,6-9H2,2-4H3;10H,2,7-9H2,1,3-6H3;5,7,11H,1,6,8-9H2,2-4H3;5,11H,1-2,6-9H2,3-4H3;9,13H,5-8H2,1-4H3;10H,2,5-8H2,1,3-4H3;8,11-12H,2,5-7H2,1,3-4H3. The second kappa shape index (κ2) is 94.4. The van der Waals surface area contributed by atoms with Crippen molar-refractivity contribution in [2.45, 2.75) is 454 Å². The third kappa shape index (κ3) is 117. The van der Waals surface area contributed by atoms with E-state index in [-0.39, 0.29) is 136 Å². The van der Waals surface area contributed by atoms with Crippen molar-refractivity contribution in [2.24, 2.45) is 59.2 Å². The number of esters is 8. The summed E-state index contributed by atoms with van der Waals surface area (Å²) in [5.41, 5.74) is 1.48. The lowest BCUT2D eigenvalue weighted by atomic mass is 9.96. The average Bonchev–Trinajstić information content (AvgIpc) is 0.938. The number of hydrogen-bond acceptors (Lipinski definition) is 25. The minimum Gasteiger partial charge on any atom is -0.513 e. The topological polar surface area (TPSA) is 337 Å². The summed E-state index contributed by atoms with van der Waals surface area (Å²) in [6.07, 6.45) is 34.9. The van der Waals surface area contributed by atoms with Crippen molar-refractivity contribution in [3.8, 4) is 0 Å². The molecular weight excluding hydrogens is 1820 g/mol. The van der Waals surface area contributed by atoms with Crippen LogP contribution in [-0.2, 0) is 99.9 Å². The summed E-state index contributed by atoms with van der Waals surface area (Å²) < 4.78 is 66.1. The van der Waals surface area contributed by atoms with E-state index in [2.05, 4.69) is 121 Å². The minimum atomic E-state index is -0.648. The van der Waals surface area contributed by atoms with E-state index in [0.717, 1.165) is 198 Å². The quantitative estimate of drug-likeness (QED) is 0.0190. The van der Waals surface area contributed by atoms with Gasteiger partial charge in [0.05, 0.1) is 132 Å². The zero-order chi connectivity index (χ0) is 113. The molecule has 0 fully saturated rings. The molecule has 0 heterocycles. The molecule has 10 atom stereocenters. The average molecular weight is 2040 g/mol. The lowest BCUT2D eigenvalue weighted by molar-refractivity contribution is -0.148. The van der Waals surface area contributed by atoms with Gasteiger partial charge >= 0.3 is 47.8 Å². The number of aliphatic hydroxyl groups is 4. The normalized spacial score (nSPS) is 13.1. The van der Waals surface area contributed by atoms with E-state index in [1.807, 2.05) is 118 Å². The second-order valence-electron chi connectivity index (χ2n) is 42.2. The van der Waals surface area contributed by atoms with E-state index >= 15 is 0 Å². The Bertz CT molecular complexity index is 3320. The molecule has 0 spiro atoms. The molecule has 0 radical (unpaired) electrons. The maximum atomic E-state index is 11.4. The number of carbonyl (C=O) groups is 8. The Labute approximate surface area is 875 Å². The fraction of sp³-hybridized carbons (Fsp3) is 0.780. The highest BCUT2D eigenvalue weighted by molar-refractivity contribution is 5.74. The molecule has 0 amide bonds. The number of hydrogen-bond donors (Lipinski definition) is 4. The molecule has 0 aliphatic carbocycles. The number of carbonyl (C=O) groups excluding carboxylic acids is 8. The largest absolute Gasteiger partial charge is 0.513 e. The maximum absolute atomic E-state index is 11.4. The second-order valence-corrected chi connectivity index (χ2v) is 42.2. The Balaban J connectivity index is -0.000000172. The summed E-state index contributed by atoms with van der Waals surface area (Å²) in [5.74, 6) is 0.480. The molecule has 25 heteroatoms. The highest BCUT2D eigenvalue weighted by Crippen LogP contribution is 2.27. The van der Waals surface area contributed by atoms with Gasteiger partial charge < -0.3 is 82.0 Å². The fourth-order valence-electron chi connectivity index (χ4n) is 12.4. The Morgan fingerprint density at radius 3 is 0.678 bits per heavy atom. The first-order valence-electron chi connectivity index (χ1n) is 52.7. The van der Waals surface area contributed by atoms with Gasteiger partial charge in [-0.15, -0.1) is 13.2 Å². The molecule has 0 aromatic heterocycles. The number of methoxy groups -OCH3 is 4. The van der Waals surface area contributed by atoms with Crippen LogP contribution in [0.25, 0.3) is 0 Å². The highest BCUT2D eigenvalue weighted by Gasteiger charge is 2.26. The minimum absolute atomic E-state index is 0.00222. The van der Waals surface area contributed by atoms with Gasteiger partial charge in [-0.05, 0) is 345 Å². The van der Waals surface area contributed by atoms with Crippen LogP contribution in [0.1, 0.15) is 415 Å². The van der Waals surface area contributed by atoms with Crippen LogP contribution >= 0.6 is 0 Å². The monoisotopic (exact) mass is 2040 g/mol. The predicted octanol–water partition coefficient (Wildman–Crippen LogP) is 28.5. The summed E-state index contributed by atoms with van der Waals surface area (Å²) in [5, 5.41) is 37.3. The molecule has 0 aromatic rings. The lowest BCUT2D eigenvalue weighted by Gasteiger charge is -2.25. The van der Waals surface area contributed by atoms with Crippen LogP contribution in [0.2, 0.25) is 0 Å². The van der Waals surface area contributed by atoms with Crippen LogP contribution in [0, 0.1) is 59.2 Å². The van der Waals surface area contributed by atoms with Crippen LogP contribution in [0.3, 0.4) is 0 Å². The molecule has 4 N–H and O–H groups in total. The van der Waals surface area contributed by atoms with E-state index < -0.39 is 16.8 Å². The van der Waals surface area contributed by atoms with Gasteiger partial charge in [0.15, 0.2) is 0 Å². The molecule has 143 heavy (non-hydrogen) atoms. The van der Waals surface area contributed by atoms with Crippen molar-refractivity contribution in [1.82, 2.24) is 0 Å². The van der Waals surface area contributed by atoms with Crippen molar-refractivity contribution in [1.29, 1.82) is 0 Å².